The van der Waals surface area contributed by atoms with Gasteiger partial charge in [0.25, 0.3) is 11.8 Å². The molecule has 0 aromatic heterocycles. The highest BCUT2D eigenvalue weighted by Gasteiger charge is 2.36. The molecule has 4 amide bonds. The van der Waals surface area contributed by atoms with Gasteiger partial charge in [-0.1, -0.05) is 0 Å². The Morgan fingerprint density at radius 2 is 1.85 bits per heavy atom. The maximum atomic E-state index is 13.2. The van der Waals surface area contributed by atoms with Gasteiger partial charge < -0.3 is 14.2 Å². The molecule has 2 aromatic carbocycles. The molecule has 0 atom stereocenters. The molecule has 9 nitrogen and oxygen atoms in total. The fraction of sp³-hybridized carbons (Fsp3) is 0.182. The largest absolute Gasteiger partial charge is 0.490 e. The van der Waals surface area contributed by atoms with Crippen molar-refractivity contribution in [3.05, 3.63) is 56.9 Å². The molecule has 1 aliphatic heterocycles. The topological polar surface area (TPSA) is 111 Å². The average molecular weight is 568 g/mol. The molecule has 1 N–H and O–H groups in total. The fourth-order valence-electron chi connectivity index (χ4n) is 2.91. The van der Waals surface area contributed by atoms with Crippen LogP contribution in [-0.4, -0.2) is 44.1 Å². The van der Waals surface area contributed by atoms with Crippen molar-refractivity contribution in [2.75, 3.05) is 25.2 Å². The van der Waals surface area contributed by atoms with Crippen LogP contribution in [0.1, 0.15) is 12.5 Å². The zero-order valence-corrected chi connectivity index (χ0v) is 19.7. The third-order valence-electron chi connectivity index (χ3n) is 4.39. The summed E-state index contributed by atoms with van der Waals surface area (Å²) in [6.07, 6.45) is 1.30. The summed E-state index contributed by atoms with van der Waals surface area (Å²) < 4.78 is 29.5. The molecule has 0 radical (unpaired) electrons. The summed E-state index contributed by atoms with van der Waals surface area (Å²) in [6, 6.07) is 6.91. The van der Waals surface area contributed by atoms with Crippen LogP contribution in [0.15, 0.2) is 42.0 Å². The second kappa shape index (κ2) is 10.4. The third-order valence-corrected chi connectivity index (χ3v) is 5.19. The molecule has 0 spiro atoms. The highest BCUT2D eigenvalue weighted by molar-refractivity contribution is 14.1. The second-order valence-corrected chi connectivity index (χ2v) is 7.72. The second-order valence-electron chi connectivity index (χ2n) is 6.56. The zero-order chi connectivity index (χ0) is 24.1. The van der Waals surface area contributed by atoms with Crippen molar-refractivity contribution in [1.29, 1.82) is 0 Å². The van der Waals surface area contributed by atoms with Gasteiger partial charge in [0.1, 0.15) is 11.4 Å². The van der Waals surface area contributed by atoms with Crippen LogP contribution in [0.5, 0.6) is 11.5 Å². The molecule has 0 bridgehead atoms. The molecule has 0 saturated carbocycles. The van der Waals surface area contributed by atoms with E-state index in [9.17, 15) is 23.6 Å². The van der Waals surface area contributed by atoms with E-state index >= 15 is 0 Å². The van der Waals surface area contributed by atoms with Gasteiger partial charge in [-0.2, -0.15) is 0 Å². The lowest BCUT2D eigenvalue weighted by Crippen LogP contribution is -2.54. The lowest BCUT2D eigenvalue weighted by Gasteiger charge is -2.26. The van der Waals surface area contributed by atoms with Gasteiger partial charge in [-0.05, 0) is 77.6 Å². The predicted octanol–water partition coefficient (Wildman–Crippen LogP) is 3.05. The number of nitrogens with zero attached hydrogens (tertiary/aromatic N) is 1. The van der Waals surface area contributed by atoms with Gasteiger partial charge >= 0.3 is 12.0 Å². The third kappa shape index (κ3) is 5.48. The summed E-state index contributed by atoms with van der Waals surface area (Å²) in [5.74, 6) is -2.27. The van der Waals surface area contributed by atoms with Crippen molar-refractivity contribution in [2.45, 2.75) is 6.92 Å². The van der Waals surface area contributed by atoms with Crippen molar-refractivity contribution in [1.82, 2.24) is 5.32 Å². The maximum absolute atomic E-state index is 13.2. The highest BCUT2D eigenvalue weighted by Crippen LogP contribution is 2.35. The van der Waals surface area contributed by atoms with Crippen molar-refractivity contribution >= 4 is 58.2 Å². The van der Waals surface area contributed by atoms with Crippen molar-refractivity contribution < 1.29 is 37.8 Å². The minimum absolute atomic E-state index is 0.105. The number of imide groups is 2. The lowest BCUT2D eigenvalue weighted by atomic mass is 10.1. The van der Waals surface area contributed by atoms with E-state index in [0.717, 1.165) is 17.0 Å². The van der Waals surface area contributed by atoms with Crippen LogP contribution in [0.4, 0.5) is 14.9 Å². The van der Waals surface area contributed by atoms with E-state index in [-0.39, 0.29) is 30.2 Å². The number of carbonyl (C=O) groups excluding carboxylic acids is 4. The number of halogens is 2. The number of barbiturate groups is 1. The Hall–Kier alpha value is -3.48. The lowest BCUT2D eigenvalue weighted by molar-refractivity contribution is -0.143. The van der Waals surface area contributed by atoms with E-state index in [1.54, 1.807) is 13.0 Å². The first-order valence-electron chi connectivity index (χ1n) is 9.58. The van der Waals surface area contributed by atoms with E-state index < -0.39 is 29.6 Å². The standard InChI is InChI=1S/C22H18FIN2O7/c1-3-32-17-10-12(9-16(24)19(17)33-11-18(27)31-2)8-15-20(28)25-22(30)26(21(15)29)14-6-4-13(23)5-7-14/h4-10H,3,11H2,1-2H3,(H,25,28,30)/b15-8+. The van der Waals surface area contributed by atoms with Crippen LogP contribution in [0, 0.1) is 9.39 Å². The number of methoxy groups -OCH3 is 1. The monoisotopic (exact) mass is 568 g/mol. The molecule has 2 aromatic rings. The molecular formula is C22H18FIN2O7. The Balaban J connectivity index is 1.98. The van der Waals surface area contributed by atoms with Crippen LogP contribution < -0.4 is 19.7 Å². The molecule has 1 aliphatic rings. The minimum Gasteiger partial charge on any atom is -0.490 e. The molecule has 0 aliphatic carbocycles. The van der Waals surface area contributed by atoms with Crippen LogP contribution in [0.2, 0.25) is 0 Å². The molecule has 1 fully saturated rings. The molecular weight excluding hydrogens is 550 g/mol. The number of anilines is 1. The average Bonchev–Trinajstić information content (AvgIpc) is 2.77. The number of urea groups is 1. The quantitative estimate of drug-likeness (QED) is 0.237. The molecule has 33 heavy (non-hydrogen) atoms. The number of ether oxygens (including phenoxy) is 3. The number of hydrogen-bond acceptors (Lipinski definition) is 7. The minimum atomic E-state index is -0.940. The van der Waals surface area contributed by atoms with E-state index in [4.69, 9.17) is 9.47 Å². The van der Waals surface area contributed by atoms with Crippen LogP contribution in [-0.2, 0) is 19.1 Å². The van der Waals surface area contributed by atoms with Gasteiger partial charge in [-0.25, -0.2) is 18.9 Å². The van der Waals surface area contributed by atoms with Crippen molar-refractivity contribution in [3.63, 3.8) is 0 Å². The van der Waals surface area contributed by atoms with Gasteiger partial charge in [-0.3, -0.25) is 14.9 Å². The Morgan fingerprint density at radius 1 is 1.15 bits per heavy atom. The predicted molar refractivity (Wildman–Crippen MR) is 123 cm³/mol. The van der Waals surface area contributed by atoms with Gasteiger partial charge in [0.05, 0.1) is 23.0 Å². The number of amides is 4. The number of rotatable bonds is 7. The van der Waals surface area contributed by atoms with Gasteiger partial charge in [-0.15, -0.1) is 0 Å². The van der Waals surface area contributed by atoms with E-state index in [1.165, 1.54) is 31.4 Å². The van der Waals surface area contributed by atoms with E-state index in [1.807, 2.05) is 22.6 Å². The number of hydrogen-bond donors (Lipinski definition) is 1. The first kappa shape index (κ1) is 24.2. The summed E-state index contributed by atoms with van der Waals surface area (Å²) in [4.78, 5) is 49.8. The first-order chi connectivity index (χ1) is 15.7. The summed E-state index contributed by atoms with van der Waals surface area (Å²) in [5, 5.41) is 2.10. The van der Waals surface area contributed by atoms with Gasteiger partial charge in [0.2, 0.25) is 0 Å². The normalized spacial score (nSPS) is 14.8. The smallest absolute Gasteiger partial charge is 0.343 e. The summed E-state index contributed by atoms with van der Waals surface area (Å²) in [6.45, 7) is 1.71. The first-order valence-corrected chi connectivity index (χ1v) is 10.7. The molecule has 11 heteroatoms. The summed E-state index contributed by atoms with van der Waals surface area (Å²) >= 11 is 1.96. The molecule has 172 valence electrons. The fourth-order valence-corrected chi connectivity index (χ4v) is 3.69. The highest BCUT2D eigenvalue weighted by atomic mass is 127. The SMILES string of the molecule is CCOc1cc(/C=C2\C(=O)NC(=O)N(c3ccc(F)cc3)C2=O)cc(I)c1OCC(=O)OC. The summed E-state index contributed by atoms with van der Waals surface area (Å²) in [7, 11) is 1.24. The summed E-state index contributed by atoms with van der Waals surface area (Å²) in [5.41, 5.74) is 0.217. The van der Waals surface area contributed by atoms with Crippen LogP contribution >= 0.6 is 22.6 Å². The Bertz CT molecular complexity index is 1150. The molecule has 0 unspecified atom stereocenters. The Morgan fingerprint density at radius 3 is 2.48 bits per heavy atom. The van der Waals surface area contributed by atoms with E-state index in [0.29, 0.717) is 14.9 Å². The maximum Gasteiger partial charge on any atom is 0.343 e. The zero-order valence-electron chi connectivity index (χ0n) is 17.5. The number of nitrogens with one attached hydrogen (secondary N) is 1. The van der Waals surface area contributed by atoms with Gasteiger partial charge in [0.15, 0.2) is 18.1 Å². The van der Waals surface area contributed by atoms with Crippen molar-refractivity contribution in [2.24, 2.45) is 0 Å². The number of benzene rings is 2. The van der Waals surface area contributed by atoms with E-state index in [2.05, 4.69) is 10.1 Å². The molecule has 1 heterocycles. The molecule has 3 rings (SSSR count). The Labute approximate surface area is 201 Å². The number of esters is 1. The van der Waals surface area contributed by atoms with Gasteiger partial charge in [0, 0.05) is 0 Å². The number of carbonyl (C=O) groups is 4. The Kier molecular flexibility index (Phi) is 7.63. The molecule has 1 saturated heterocycles. The van der Waals surface area contributed by atoms with Crippen molar-refractivity contribution in [3.8, 4) is 11.5 Å². The van der Waals surface area contributed by atoms with Crippen LogP contribution in [0.25, 0.3) is 6.08 Å². The van der Waals surface area contributed by atoms with Crippen LogP contribution in [0.3, 0.4) is 0 Å².